The van der Waals surface area contributed by atoms with Crippen LogP contribution < -0.4 is 10.6 Å². The van der Waals surface area contributed by atoms with Gasteiger partial charge in [0, 0.05) is 16.3 Å². The van der Waals surface area contributed by atoms with Crippen molar-refractivity contribution in [2.24, 2.45) is 0 Å². The topological polar surface area (TPSA) is 63.5 Å². The average molecular weight is 391 g/mol. The van der Waals surface area contributed by atoms with E-state index in [0.717, 1.165) is 5.56 Å². The number of hydrogen-bond donors (Lipinski definition) is 2. The molecular formula is C19H19ClN2O3S. The van der Waals surface area contributed by atoms with Crippen LogP contribution in [0.1, 0.15) is 32.6 Å². The fraction of sp³-hybridized carbons (Fsp3) is 0.263. The molecule has 1 atom stereocenters. The summed E-state index contributed by atoms with van der Waals surface area (Å²) in [6.07, 6.45) is -0.224. The van der Waals surface area contributed by atoms with Gasteiger partial charge in [-0.1, -0.05) is 11.6 Å². The standard InChI is InChI=1S/C19H19ClN2O3S/c1-10(2)24-18(23)16-11(3)21-19(26)22-17(16)15-9-8-14(25-15)12-4-6-13(20)7-5-12/h4-10,17H,1-3H3,(H2,21,22,26)/t17-/m1/s1. The molecule has 0 bridgehead atoms. The molecule has 3 rings (SSSR count). The quantitative estimate of drug-likeness (QED) is 0.598. The third kappa shape index (κ3) is 3.92. The molecule has 1 aromatic carbocycles. The summed E-state index contributed by atoms with van der Waals surface area (Å²) in [5.41, 5.74) is 1.99. The molecule has 2 N–H and O–H groups in total. The molecule has 0 saturated carbocycles. The van der Waals surface area contributed by atoms with Gasteiger partial charge in [0.25, 0.3) is 0 Å². The van der Waals surface area contributed by atoms with Crippen LogP contribution in [0.15, 0.2) is 52.1 Å². The highest BCUT2D eigenvalue weighted by Crippen LogP contribution is 2.32. The first-order valence-electron chi connectivity index (χ1n) is 8.20. The minimum atomic E-state index is -0.518. The van der Waals surface area contributed by atoms with Crippen LogP contribution in [0, 0.1) is 0 Å². The van der Waals surface area contributed by atoms with Crippen molar-refractivity contribution in [3.63, 3.8) is 0 Å². The first-order valence-corrected chi connectivity index (χ1v) is 8.98. The van der Waals surface area contributed by atoms with Gasteiger partial charge in [0.1, 0.15) is 17.6 Å². The van der Waals surface area contributed by atoms with Crippen molar-refractivity contribution in [2.75, 3.05) is 0 Å². The summed E-state index contributed by atoms with van der Waals surface area (Å²) in [7, 11) is 0. The normalized spacial score (nSPS) is 17.1. The van der Waals surface area contributed by atoms with Gasteiger partial charge in [-0.15, -0.1) is 0 Å². The van der Waals surface area contributed by atoms with Crippen LogP contribution >= 0.6 is 23.8 Å². The molecule has 2 heterocycles. The van der Waals surface area contributed by atoms with E-state index in [9.17, 15) is 4.79 Å². The number of halogens is 1. The highest BCUT2D eigenvalue weighted by Gasteiger charge is 2.33. The lowest BCUT2D eigenvalue weighted by atomic mass is 10.0. The molecular weight excluding hydrogens is 372 g/mol. The van der Waals surface area contributed by atoms with Crippen LogP contribution in [-0.2, 0) is 9.53 Å². The third-order valence-electron chi connectivity index (χ3n) is 3.87. The number of thiocarbonyl (C=S) groups is 1. The van der Waals surface area contributed by atoms with Crippen LogP contribution in [-0.4, -0.2) is 17.2 Å². The van der Waals surface area contributed by atoms with Crippen LogP contribution in [0.4, 0.5) is 0 Å². The predicted molar refractivity (Wildman–Crippen MR) is 105 cm³/mol. The van der Waals surface area contributed by atoms with Crippen molar-refractivity contribution in [3.8, 4) is 11.3 Å². The van der Waals surface area contributed by atoms with Gasteiger partial charge < -0.3 is 19.8 Å². The van der Waals surface area contributed by atoms with E-state index in [1.54, 1.807) is 19.1 Å². The smallest absolute Gasteiger partial charge is 0.338 e. The summed E-state index contributed by atoms with van der Waals surface area (Å²) in [4.78, 5) is 12.6. The van der Waals surface area contributed by atoms with E-state index in [1.165, 1.54) is 0 Å². The van der Waals surface area contributed by atoms with E-state index in [4.69, 9.17) is 33.0 Å². The summed E-state index contributed by atoms with van der Waals surface area (Å²) in [5, 5.41) is 7.14. The van der Waals surface area contributed by atoms with Crippen molar-refractivity contribution in [2.45, 2.75) is 32.9 Å². The molecule has 1 aliphatic heterocycles. The van der Waals surface area contributed by atoms with Crippen molar-refractivity contribution in [3.05, 3.63) is 58.5 Å². The first kappa shape index (κ1) is 18.5. The Labute approximate surface area is 162 Å². The second-order valence-corrected chi connectivity index (χ2v) is 7.08. The van der Waals surface area contributed by atoms with E-state index in [2.05, 4.69) is 10.6 Å². The van der Waals surface area contributed by atoms with Gasteiger partial charge >= 0.3 is 5.97 Å². The fourth-order valence-electron chi connectivity index (χ4n) is 2.73. The molecule has 1 aromatic heterocycles. The Balaban J connectivity index is 1.95. The molecule has 0 saturated heterocycles. The maximum atomic E-state index is 12.6. The Bertz CT molecular complexity index is 871. The number of allylic oxidation sites excluding steroid dienone is 1. The first-order chi connectivity index (χ1) is 12.3. The number of esters is 1. The fourth-order valence-corrected chi connectivity index (χ4v) is 3.13. The maximum absolute atomic E-state index is 12.6. The molecule has 0 radical (unpaired) electrons. The van der Waals surface area contributed by atoms with Crippen molar-refractivity contribution in [1.29, 1.82) is 0 Å². The van der Waals surface area contributed by atoms with Crippen LogP contribution in [0.25, 0.3) is 11.3 Å². The molecule has 0 fully saturated rings. The van der Waals surface area contributed by atoms with Crippen LogP contribution in [0.2, 0.25) is 5.02 Å². The molecule has 7 heteroatoms. The zero-order valence-corrected chi connectivity index (χ0v) is 16.2. The SMILES string of the molecule is CC1=C(C(=O)OC(C)C)[C@@H](c2ccc(-c3ccc(Cl)cc3)o2)NC(=S)N1. The van der Waals surface area contributed by atoms with Gasteiger partial charge in [0.2, 0.25) is 0 Å². The lowest BCUT2D eigenvalue weighted by Gasteiger charge is -2.28. The second-order valence-electron chi connectivity index (χ2n) is 6.23. The Morgan fingerprint density at radius 2 is 1.92 bits per heavy atom. The van der Waals surface area contributed by atoms with E-state index in [-0.39, 0.29) is 6.10 Å². The molecule has 0 aliphatic carbocycles. The van der Waals surface area contributed by atoms with E-state index in [1.807, 2.05) is 38.1 Å². The summed E-state index contributed by atoms with van der Waals surface area (Å²) in [5.74, 6) is 0.848. The molecule has 1 aliphatic rings. The molecule has 2 aromatic rings. The zero-order chi connectivity index (χ0) is 18.8. The Kier molecular flexibility index (Phi) is 5.34. The van der Waals surface area contributed by atoms with E-state index < -0.39 is 12.0 Å². The molecule has 5 nitrogen and oxygen atoms in total. The minimum Gasteiger partial charge on any atom is -0.459 e. The summed E-state index contributed by atoms with van der Waals surface area (Å²) in [6, 6.07) is 10.5. The largest absolute Gasteiger partial charge is 0.459 e. The number of carbonyl (C=O) groups excluding carboxylic acids is 1. The number of benzene rings is 1. The zero-order valence-electron chi connectivity index (χ0n) is 14.6. The number of ether oxygens (including phenoxy) is 1. The van der Waals surface area contributed by atoms with Crippen molar-refractivity contribution < 1.29 is 13.9 Å². The number of furan rings is 1. The monoisotopic (exact) mass is 390 g/mol. The molecule has 0 unspecified atom stereocenters. The highest BCUT2D eigenvalue weighted by atomic mass is 35.5. The number of hydrogen-bond acceptors (Lipinski definition) is 4. The van der Waals surface area contributed by atoms with Crippen LogP contribution in [0.5, 0.6) is 0 Å². The third-order valence-corrected chi connectivity index (χ3v) is 4.34. The van der Waals surface area contributed by atoms with Gasteiger partial charge in [-0.2, -0.15) is 0 Å². The van der Waals surface area contributed by atoms with Gasteiger partial charge in [0.15, 0.2) is 5.11 Å². The minimum absolute atomic E-state index is 0.224. The van der Waals surface area contributed by atoms with E-state index >= 15 is 0 Å². The van der Waals surface area contributed by atoms with E-state index in [0.29, 0.717) is 32.9 Å². The lowest BCUT2D eigenvalue weighted by Crippen LogP contribution is -2.45. The van der Waals surface area contributed by atoms with Crippen molar-refractivity contribution >= 4 is 34.9 Å². The van der Waals surface area contributed by atoms with Crippen molar-refractivity contribution in [1.82, 2.24) is 10.6 Å². The molecule has 136 valence electrons. The summed E-state index contributed by atoms with van der Waals surface area (Å²) < 4.78 is 11.4. The highest BCUT2D eigenvalue weighted by molar-refractivity contribution is 7.80. The molecule has 0 amide bonds. The number of nitrogens with one attached hydrogen (secondary N) is 2. The Morgan fingerprint density at radius 3 is 2.58 bits per heavy atom. The van der Waals surface area contributed by atoms with Gasteiger partial charge in [-0.25, -0.2) is 4.79 Å². The van der Waals surface area contributed by atoms with Gasteiger partial charge in [-0.3, -0.25) is 0 Å². The number of rotatable bonds is 4. The predicted octanol–water partition coefficient (Wildman–Crippen LogP) is 4.34. The maximum Gasteiger partial charge on any atom is 0.338 e. The Morgan fingerprint density at radius 1 is 1.23 bits per heavy atom. The molecule has 0 spiro atoms. The Hall–Kier alpha value is -2.31. The summed E-state index contributed by atoms with van der Waals surface area (Å²) in [6.45, 7) is 5.41. The summed E-state index contributed by atoms with van der Waals surface area (Å²) >= 11 is 11.2. The van der Waals surface area contributed by atoms with Crippen LogP contribution in [0.3, 0.4) is 0 Å². The lowest BCUT2D eigenvalue weighted by molar-refractivity contribution is -0.143. The second kappa shape index (κ2) is 7.51. The van der Waals surface area contributed by atoms with Gasteiger partial charge in [0.05, 0.1) is 11.7 Å². The van der Waals surface area contributed by atoms with Gasteiger partial charge in [-0.05, 0) is 69.4 Å². The molecule has 26 heavy (non-hydrogen) atoms. The average Bonchev–Trinajstić information content (AvgIpc) is 3.03. The number of carbonyl (C=O) groups is 1.